The molecule has 9 heteroatoms. The van der Waals surface area contributed by atoms with Crippen molar-refractivity contribution in [3.05, 3.63) is 64.0 Å². The van der Waals surface area contributed by atoms with E-state index in [0.29, 0.717) is 16.4 Å². The molecule has 0 atom stereocenters. The van der Waals surface area contributed by atoms with Gasteiger partial charge in [-0.1, -0.05) is 6.07 Å². The van der Waals surface area contributed by atoms with Gasteiger partial charge in [-0.25, -0.2) is 4.98 Å². The molecule has 0 radical (unpaired) electrons. The van der Waals surface area contributed by atoms with Gasteiger partial charge in [0.25, 0.3) is 11.6 Å². The van der Waals surface area contributed by atoms with E-state index in [1.54, 1.807) is 30.0 Å². The maximum Gasteiger partial charge on any atom is 0.275 e. The number of carbonyl (C=O) groups excluding carboxylic acids is 1. The molecule has 3 aromatic rings. The molecule has 0 bridgehead atoms. The monoisotopic (exact) mass is 327 g/mol. The fourth-order valence-corrected chi connectivity index (χ4v) is 2.56. The summed E-state index contributed by atoms with van der Waals surface area (Å²) in [5, 5.41) is 15.5. The molecule has 2 heterocycles. The molecule has 0 saturated carbocycles. The van der Waals surface area contributed by atoms with E-state index in [1.807, 2.05) is 0 Å². The van der Waals surface area contributed by atoms with Gasteiger partial charge in [0.05, 0.1) is 11.1 Å². The van der Waals surface area contributed by atoms with E-state index >= 15 is 0 Å². The molecule has 1 N–H and O–H groups in total. The highest BCUT2D eigenvalue weighted by atomic mass is 32.1. The Bertz CT molecular complexity index is 866. The molecular formula is C14H9N5O3S. The number of non-ortho nitro benzene ring substituents is 1. The Labute approximate surface area is 134 Å². The summed E-state index contributed by atoms with van der Waals surface area (Å²) in [6.45, 7) is 0. The molecule has 2 aromatic heterocycles. The number of hydrogen-bond acceptors (Lipinski definition) is 7. The van der Waals surface area contributed by atoms with Crippen molar-refractivity contribution in [1.29, 1.82) is 0 Å². The number of amides is 1. The van der Waals surface area contributed by atoms with E-state index in [-0.39, 0.29) is 11.4 Å². The van der Waals surface area contributed by atoms with Crippen LogP contribution in [0.4, 0.5) is 11.4 Å². The summed E-state index contributed by atoms with van der Waals surface area (Å²) < 4.78 is 0. The lowest BCUT2D eigenvalue weighted by molar-refractivity contribution is -0.384. The second-order valence-corrected chi connectivity index (χ2v) is 5.25. The van der Waals surface area contributed by atoms with Crippen LogP contribution >= 0.6 is 11.3 Å². The first-order valence-electron chi connectivity index (χ1n) is 6.41. The fourth-order valence-electron chi connectivity index (χ4n) is 1.80. The van der Waals surface area contributed by atoms with E-state index < -0.39 is 10.8 Å². The number of thiazole rings is 1. The van der Waals surface area contributed by atoms with Crippen LogP contribution in [0, 0.1) is 10.1 Å². The van der Waals surface area contributed by atoms with E-state index in [1.165, 1.54) is 29.5 Å². The Morgan fingerprint density at radius 2 is 2.17 bits per heavy atom. The molecule has 0 aliphatic rings. The van der Waals surface area contributed by atoms with Crippen LogP contribution in [0.25, 0.3) is 10.7 Å². The topological polar surface area (TPSA) is 111 Å². The van der Waals surface area contributed by atoms with E-state index in [0.717, 1.165) is 0 Å². The van der Waals surface area contributed by atoms with E-state index in [4.69, 9.17) is 0 Å². The lowest BCUT2D eigenvalue weighted by Crippen LogP contribution is -2.12. The van der Waals surface area contributed by atoms with Crippen LogP contribution in [0.3, 0.4) is 0 Å². The number of anilines is 1. The number of aromatic nitrogens is 3. The number of nitro groups is 1. The Morgan fingerprint density at radius 1 is 1.30 bits per heavy atom. The van der Waals surface area contributed by atoms with Crippen LogP contribution in [0.15, 0.2) is 48.2 Å². The van der Waals surface area contributed by atoms with Gasteiger partial charge < -0.3 is 5.32 Å². The van der Waals surface area contributed by atoms with Gasteiger partial charge in [0, 0.05) is 35.6 Å². The van der Waals surface area contributed by atoms with Gasteiger partial charge >= 0.3 is 0 Å². The zero-order valence-electron chi connectivity index (χ0n) is 11.5. The summed E-state index contributed by atoms with van der Waals surface area (Å²) in [6, 6.07) is 5.71. The Hall–Kier alpha value is -3.20. The summed E-state index contributed by atoms with van der Waals surface area (Å²) in [6.07, 6.45) is 4.65. The Balaban J connectivity index is 1.78. The molecule has 0 fully saturated rings. The number of hydrogen-bond donors (Lipinski definition) is 1. The Morgan fingerprint density at radius 3 is 2.91 bits per heavy atom. The lowest BCUT2D eigenvalue weighted by Gasteiger charge is -2.02. The van der Waals surface area contributed by atoms with Crippen molar-refractivity contribution in [1.82, 2.24) is 15.0 Å². The Kier molecular flexibility index (Phi) is 4.02. The molecule has 0 aliphatic heterocycles. The smallest absolute Gasteiger partial charge is 0.275 e. The van der Waals surface area contributed by atoms with Crippen LogP contribution in [-0.2, 0) is 0 Å². The van der Waals surface area contributed by atoms with Gasteiger partial charge in [-0.15, -0.1) is 11.3 Å². The van der Waals surface area contributed by atoms with Gasteiger partial charge in [0.1, 0.15) is 16.4 Å². The molecule has 0 spiro atoms. The van der Waals surface area contributed by atoms with Gasteiger partial charge in [-0.2, -0.15) is 0 Å². The SMILES string of the molecule is O=C(Nc1cccc([N+](=O)[O-])c1)c1csc(-c2cnccn2)n1. The summed E-state index contributed by atoms with van der Waals surface area (Å²) in [4.78, 5) is 34.7. The van der Waals surface area contributed by atoms with Gasteiger partial charge in [0.2, 0.25) is 0 Å². The minimum absolute atomic E-state index is 0.0960. The average molecular weight is 327 g/mol. The van der Waals surface area contributed by atoms with Crippen LogP contribution < -0.4 is 5.32 Å². The molecule has 23 heavy (non-hydrogen) atoms. The summed E-state index contributed by atoms with van der Waals surface area (Å²) in [5.41, 5.74) is 1.02. The first kappa shape index (κ1) is 14.7. The maximum absolute atomic E-state index is 12.2. The number of nitrogens with zero attached hydrogens (tertiary/aromatic N) is 4. The van der Waals surface area contributed by atoms with Crippen LogP contribution in [0.5, 0.6) is 0 Å². The normalized spacial score (nSPS) is 10.3. The largest absolute Gasteiger partial charge is 0.320 e. The van der Waals surface area contributed by atoms with E-state index in [9.17, 15) is 14.9 Å². The van der Waals surface area contributed by atoms with Crippen molar-refractivity contribution in [3.8, 4) is 10.7 Å². The van der Waals surface area contributed by atoms with Crippen molar-refractivity contribution < 1.29 is 9.72 Å². The first-order chi connectivity index (χ1) is 11.1. The molecule has 0 saturated heterocycles. The number of rotatable bonds is 4. The molecule has 8 nitrogen and oxygen atoms in total. The molecule has 3 rings (SSSR count). The van der Waals surface area contributed by atoms with Crippen LogP contribution in [0.2, 0.25) is 0 Å². The lowest BCUT2D eigenvalue weighted by atomic mass is 10.2. The molecule has 0 aliphatic carbocycles. The number of nitro benzene ring substituents is 1. The van der Waals surface area contributed by atoms with E-state index in [2.05, 4.69) is 20.3 Å². The van der Waals surface area contributed by atoms with Gasteiger partial charge in [-0.3, -0.25) is 24.9 Å². The van der Waals surface area contributed by atoms with Gasteiger partial charge in [0.15, 0.2) is 0 Å². The van der Waals surface area contributed by atoms with Crippen LogP contribution in [0.1, 0.15) is 10.5 Å². The standard InChI is InChI=1S/C14H9N5O3S/c20-13(17-9-2-1-3-10(6-9)19(21)22)12-8-23-14(18-12)11-7-15-4-5-16-11/h1-8H,(H,17,20). The van der Waals surface area contributed by atoms with Crippen molar-refractivity contribution in [2.75, 3.05) is 5.32 Å². The summed E-state index contributed by atoms with van der Waals surface area (Å²) in [5.74, 6) is -0.447. The van der Waals surface area contributed by atoms with Crippen molar-refractivity contribution in [3.63, 3.8) is 0 Å². The summed E-state index contributed by atoms with van der Waals surface area (Å²) in [7, 11) is 0. The predicted molar refractivity (Wildman–Crippen MR) is 84.2 cm³/mol. The van der Waals surface area contributed by atoms with Crippen molar-refractivity contribution >= 4 is 28.6 Å². The molecular weight excluding hydrogens is 318 g/mol. The molecule has 0 unspecified atom stereocenters. The highest BCUT2D eigenvalue weighted by Crippen LogP contribution is 2.22. The fraction of sp³-hybridized carbons (Fsp3) is 0. The number of carbonyl (C=O) groups is 1. The zero-order chi connectivity index (χ0) is 16.2. The number of nitrogens with one attached hydrogen (secondary N) is 1. The minimum Gasteiger partial charge on any atom is -0.320 e. The average Bonchev–Trinajstić information content (AvgIpc) is 3.06. The third-order valence-electron chi connectivity index (χ3n) is 2.83. The van der Waals surface area contributed by atoms with Crippen molar-refractivity contribution in [2.24, 2.45) is 0 Å². The minimum atomic E-state index is -0.523. The molecule has 114 valence electrons. The molecule has 1 amide bonds. The third-order valence-corrected chi connectivity index (χ3v) is 3.70. The second-order valence-electron chi connectivity index (χ2n) is 4.39. The van der Waals surface area contributed by atoms with Crippen molar-refractivity contribution in [2.45, 2.75) is 0 Å². The first-order valence-corrected chi connectivity index (χ1v) is 7.29. The predicted octanol–water partition coefficient (Wildman–Crippen LogP) is 2.76. The van der Waals surface area contributed by atoms with Gasteiger partial charge in [-0.05, 0) is 6.07 Å². The highest BCUT2D eigenvalue weighted by Gasteiger charge is 2.14. The highest BCUT2D eigenvalue weighted by molar-refractivity contribution is 7.13. The quantitative estimate of drug-likeness (QED) is 0.582. The van der Waals surface area contributed by atoms with Crippen LogP contribution in [-0.4, -0.2) is 25.8 Å². The molecule has 1 aromatic carbocycles. The second kappa shape index (κ2) is 6.28. The summed E-state index contributed by atoms with van der Waals surface area (Å²) >= 11 is 1.27. The third kappa shape index (κ3) is 3.35. The maximum atomic E-state index is 12.2. The number of benzene rings is 1. The zero-order valence-corrected chi connectivity index (χ0v) is 12.4.